The van der Waals surface area contributed by atoms with Crippen molar-refractivity contribution in [3.8, 4) is 11.4 Å². The van der Waals surface area contributed by atoms with E-state index in [-0.39, 0.29) is 6.09 Å². The van der Waals surface area contributed by atoms with Crippen molar-refractivity contribution in [2.24, 2.45) is 0 Å². The topological polar surface area (TPSA) is 59.8 Å². The van der Waals surface area contributed by atoms with E-state index in [2.05, 4.69) is 9.84 Å². The number of halogens is 4. The van der Waals surface area contributed by atoms with Crippen LogP contribution < -0.4 is 9.64 Å². The Morgan fingerprint density at radius 3 is 2.38 bits per heavy atom. The smallest absolute Gasteiger partial charge is 0.444 e. The van der Waals surface area contributed by atoms with Gasteiger partial charge in [0.05, 0.1) is 11.3 Å². The van der Waals surface area contributed by atoms with E-state index >= 15 is 0 Å². The average Bonchev–Trinajstić information content (AvgIpc) is 3.15. The van der Waals surface area contributed by atoms with Gasteiger partial charge in [-0.3, -0.25) is 0 Å². The third kappa shape index (κ3) is 3.84. The second-order valence-corrected chi connectivity index (χ2v) is 8.88. The molecule has 2 aliphatic rings. The van der Waals surface area contributed by atoms with Crippen molar-refractivity contribution in [2.75, 3.05) is 31.1 Å². The number of aryl methyl sites for hydroxylation is 1. The van der Waals surface area contributed by atoms with Gasteiger partial charge in [-0.05, 0) is 39.8 Å². The SMILES string of the molecule is Cc1cc(N2CCN(C(=O)OC(C)(C)C)CC2)nn1-c1ccc2c(c1)OC(F)(F)C2(F)F. The third-order valence-corrected chi connectivity index (χ3v) is 5.28. The number of aromatic nitrogens is 2. The zero-order valence-corrected chi connectivity index (χ0v) is 18.2. The summed E-state index contributed by atoms with van der Waals surface area (Å²) >= 11 is 0. The summed E-state index contributed by atoms with van der Waals surface area (Å²) in [6.07, 6.45) is -4.96. The Hall–Kier alpha value is -2.98. The molecule has 11 heteroatoms. The lowest BCUT2D eigenvalue weighted by molar-refractivity contribution is -0.296. The minimum Gasteiger partial charge on any atom is -0.444 e. The van der Waals surface area contributed by atoms with E-state index in [1.54, 1.807) is 17.9 Å². The number of anilines is 1. The van der Waals surface area contributed by atoms with Crippen LogP contribution in [0.3, 0.4) is 0 Å². The first-order valence-corrected chi connectivity index (χ1v) is 10.2. The standard InChI is InChI=1S/C21H24F4N4O3/c1-13-11-17(27-7-9-28(10-8-27)18(30)32-19(2,3)4)26-29(13)14-5-6-15-16(12-14)31-21(24,25)20(15,22)23/h5-6,11-12H,7-10H2,1-4H3. The van der Waals surface area contributed by atoms with Gasteiger partial charge in [0.2, 0.25) is 0 Å². The molecule has 1 fully saturated rings. The predicted octanol–water partition coefficient (Wildman–Crippen LogP) is 4.31. The van der Waals surface area contributed by atoms with Crippen molar-refractivity contribution < 1.29 is 31.8 Å². The largest absolute Gasteiger partial charge is 0.469 e. The fraction of sp³-hybridized carbons (Fsp3) is 0.524. The van der Waals surface area contributed by atoms with Crippen LogP contribution in [0.4, 0.5) is 28.2 Å². The van der Waals surface area contributed by atoms with Crippen LogP contribution in [0, 0.1) is 6.92 Å². The number of nitrogens with zero attached hydrogens (tertiary/aromatic N) is 4. The monoisotopic (exact) mass is 456 g/mol. The maximum Gasteiger partial charge on any atom is 0.469 e. The molecule has 1 aromatic carbocycles. The highest BCUT2D eigenvalue weighted by Gasteiger charge is 2.66. The molecular formula is C21H24F4N4O3. The number of carbonyl (C=O) groups excluding carboxylic acids is 1. The van der Waals surface area contributed by atoms with Gasteiger partial charge in [-0.15, -0.1) is 0 Å². The van der Waals surface area contributed by atoms with Gasteiger partial charge in [-0.25, -0.2) is 9.48 Å². The van der Waals surface area contributed by atoms with Crippen molar-refractivity contribution in [1.82, 2.24) is 14.7 Å². The molecule has 1 aromatic heterocycles. The molecule has 7 nitrogen and oxygen atoms in total. The van der Waals surface area contributed by atoms with E-state index < -0.39 is 28.9 Å². The highest BCUT2D eigenvalue weighted by atomic mass is 19.3. The predicted molar refractivity (Wildman–Crippen MR) is 108 cm³/mol. The first kappa shape index (κ1) is 22.2. The van der Waals surface area contributed by atoms with Crippen molar-refractivity contribution >= 4 is 11.9 Å². The molecule has 0 spiro atoms. The fourth-order valence-corrected chi connectivity index (χ4v) is 3.66. The van der Waals surface area contributed by atoms with Gasteiger partial charge < -0.3 is 19.3 Å². The number of rotatable bonds is 2. The summed E-state index contributed by atoms with van der Waals surface area (Å²) in [6, 6.07) is 5.18. The maximum absolute atomic E-state index is 13.8. The van der Waals surface area contributed by atoms with Crippen molar-refractivity contribution in [3.63, 3.8) is 0 Å². The normalized spacial score (nSPS) is 19.5. The van der Waals surface area contributed by atoms with Crippen LogP contribution in [0.2, 0.25) is 0 Å². The molecule has 0 N–H and O–H groups in total. The molecule has 0 unspecified atom stereocenters. The number of hydrogen-bond donors (Lipinski definition) is 0. The first-order valence-electron chi connectivity index (χ1n) is 10.2. The van der Waals surface area contributed by atoms with E-state index in [4.69, 9.17) is 4.74 Å². The zero-order chi connectivity index (χ0) is 23.5. The summed E-state index contributed by atoms with van der Waals surface area (Å²) in [7, 11) is 0. The Morgan fingerprint density at radius 2 is 1.75 bits per heavy atom. The van der Waals surface area contributed by atoms with Crippen LogP contribution in [-0.4, -0.2) is 58.7 Å². The summed E-state index contributed by atoms with van der Waals surface area (Å²) in [5, 5.41) is 4.51. The van der Waals surface area contributed by atoms with Crippen molar-refractivity contribution in [3.05, 3.63) is 35.5 Å². The lowest BCUT2D eigenvalue weighted by Crippen LogP contribution is -2.50. The molecule has 0 bridgehead atoms. The fourth-order valence-electron chi connectivity index (χ4n) is 3.66. The molecule has 2 aliphatic heterocycles. The molecule has 0 saturated carbocycles. The minimum atomic E-state index is -4.59. The quantitative estimate of drug-likeness (QED) is 0.631. The van der Waals surface area contributed by atoms with Crippen LogP contribution in [0.25, 0.3) is 5.69 Å². The number of piperazine rings is 1. The van der Waals surface area contributed by atoms with Gasteiger partial charge in [-0.2, -0.15) is 22.7 Å². The van der Waals surface area contributed by atoms with Crippen LogP contribution in [0.5, 0.6) is 5.75 Å². The summed E-state index contributed by atoms with van der Waals surface area (Å²) in [4.78, 5) is 15.8. The third-order valence-electron chi connectivity index (χ3n) is 5.28. The van der Waals surface area contributed by atoms with Crippen LogP contribution in [0.15, 0.2) is 24.3 Å². The number of alkyl halides is 4. The Kier molecular flexibility index (Phi) is 5.05. The number of benzene rings is 1. The molecule has 32 heavy (non-hydrogen) atoms. The van der Waals surface area contributed by atoms with Crippen molar-refractivity contribution in [1.29, 1.82) is 0 Å². The summed E-state index contributed by atoms with van der Waals surface area (Å²) in [5.74, 6) is -4.33. The lowest BCUT2D eigenvalue weighted by atomic mass is 10.1. The summed E-state index contributed by atoms with van der Waals surface area (Å²) in [6.45, 7) is 9.16. The molecule has 0 radical (unpaired) electrons. The van der Waals surface area contributed by atoms with E-state index in [0.29, 0.717) is 43.4 Å². The molecule has 2 aromatic rings. The van der Waals surface area contributed by atoms with Gasteiger partial charge >= 0.3 is 18.1 Å². The summed E-state index contributed by atoms with van der Waals surface area (Å²) in [5.41, 5.74) is -0.411. The van der Waals surface area contributed by atoms with Gasteiger partial charge in [0.15, 0.2) is 5.82 Å². The van der Waals surface area contributed by atoms with E-state index in [1.165, 1.54) is 10.7 Å². The lowest BCUT2D eigenvalue weighted by Gasteiger charge is -2.35. The van der Waals surface area contributed by atoms with Crippen molar-refractivity contribution in [2.45, 2.75) is 45.3 Å². The Bertz CT molecular complexity index is 1040. The number of carbonyl (C=O) groups is 1. The number of ether oxygens (including phenoxy) is 2. The molecular weight excluding hydrogens is 432 g/mol. The Balaban J connectivity index is 1.49. The molecule has 1 amide bonds. The molecule has 174 valence electrons. The maximum atomic E-state index is 13.8. The number of amides is 1. The highest BCUT2D eigenvalue weighted by Crippen LogP contribution is 2.53. The Morgan fingerprint density at radius 1 is 1.09 bits per heavy atom. The van der Waals surface area contributed by atoms with Gasteiger partial charge in [0.25, 0.3) is 0 Å². The zero-order valence-electron chi connectivity index (χ0n) is 18.2. The summed E-state index contributed by atoms with van der Waals surface area (Å²) < 4.78 is 65.8. The highest BCUT2D eigenvalue weighted by molar-refractivity contribution is 5.68. The van der Waals surface area contributed by atoms with E-state index in [1.807, 2.05) is 25.7 Å². The average molecular weight is 456 g/mol. The van der Waals surface area contributed by atoms with Gasteiger partial charge in [-0.1, -0.05) is 0 Å². The first-order chi connectivity index (χ1) is 14.8. The Labute approximate surface area is 182 Å². The van der Waals surface area contributed by atoms with E-state index in [9.17, 15) is 22.4 Å². The molecule has 4 rings (SSSR count). The number of fused-ring (bicyclic) bond motifs is 1. The van der Waals surface area contributed by atoms with Gasteiger partial charge in [0, 0.05) is 44.0 Å². The van der Waals surface area contributed by atoms with Crippen LogP contribution in [-0.2, 0) is 10.7 Å². The van der Waals surface area contributed by atoms with Gasteiger partial charge in [0.1, 0.15) is 11.4 Å². The number of hydrogen-bond acceptors (Lipinski definition) is 5. The second-order valence-electron chi connectivity index (χ2n) is 8.88. The van der Waals surface area contributed by atoms with Crippen LogP contribution >= 0.6 is 0 Å². The molecule has 1 saturated heterocycles. The van der Waals surface area contributed by atoms with E-state index in [0.717, 1.165) is 12.1 Å². The molecule has 0 aliphatic carbocycles. The molecule has 0 atom stereocenters. The molecule has 3 heterocycles. The second kappa shape index (κ2) is 7.28. The minimum absolute atomic E-state index is 0.327. The van der Waals surface area contributed by atoms with Crippen LogP contribution in [0.1, 0.15) is 32.0 Å².